The first-order valence-electron chi connectivity index (χ1n) is 5.19. The zero-order valence-corrected chi connectivity index (χ0v) is 9.87. The molecule has 1 aromatic carbocycles. The highest BCUT2D eigenvalue weighted by Gasteiger charge is 2.27. The monoisotopic (exact) mass is 280 g/mol. The lowest BCUT2D eigenvalue weighted by molar-refractivity contribution is -0.133. The number of aryl methyl sites for hydroxylation is 1. The van der Waals surface area contributed by atoms with Gasteiger partial charge in [0, 0.05) is 6.42 Å². The third-order valence-corrected chi connectivity index (χ3v) is 2.74. The molecule has 0 aliphatic carbocycles. The molecule has 0 bridgehead atoms. The molecule has 0 atom stereocenters. The summed E-state index contributed by atoms with van der Waals surface area (Å²) in [5.41, 5.74) is 0.939. The first kappa shape index (κ1) is 13.1. The van der Waals surface area contributed by atoms with E-state index in [1.165, 1.54) is 6.07 Å². The molecular formula is C11H9ClF4N2. The largest absolute Gasteiger partial charge is 0.389 e. The van der Waals surface area contributed by atoms with E-state index in [9.17, 15) is 17.6 Å². The Balaban J connectivity index is 2.39. The zero-order valence-electron chi connectivity index (χ0n) is 9.11. The third kappa shape index (κ3) is 2.93. The van der Waals surface area contributed by atoms with Gasteiger partial charge in [-0.3, -0.25) is 0 Å². The number of nitrogens with one attached hydrogen (secondary N) is 1. The normalized spacial score (nSPS) is 12.3. The number of nitrogens with zero attached hydrogens (tertiary/aromatic N) is 1. The standard InChI is InChI=1S/C11H9ClF4N2/c12-5-9-17-8-4-7(13)3-6(10(8)18-9)1-2-11(14,15)16/h3-4H,1-2,5H2,(H,17,18). The number of hydrogen-bond donors (Lipinski definition) is 1. The van der Waals surface area contributed by atoms with Crippen LogP contribution in [-0.2, 0) is 12.3 Å². The van der Waals surface area contributed by atoms with Crippen molar-refractivity contribution < 1.29 is 17.6 Å². The second-order valence-electron chi connectivity index (χ2n) is 3.89. The maximum Gasteiger partial charge on any atom is 0.389 e. The van der Waals surface area contributed by atoms with Gasteiger partial charge in [-0.1, -0.05) is 0 Å². The molecule has 0 aliphatic rings. The Hall–Kier alpha value is -1.30. The van der Waals surface area contributed by atoms with Crippen molar-refractivity contribution >= 4 is 22.6 Å². The van der Waals surface area contributed by atoms with E-state index in [-0.39, 0.29) is 17.9 Å². The van der Waals surface area contributed by atoms with E-state index in [1.54, 1.807) is 0 Å². The predicted molar refractivity (Wildman–Crippen MR) is 60.0 cm³/mol. The van der Waals surface area contributed by atoms with Crippen molar-refractivity contribution in [3.63, 3.8) is 0 Å². The molecule has 0 saturated heterocycles. The number of hydrogen-bond acceptors (Lipinski definition) is 1. The molecule has 0 unspecified atom stereocenters. The highest BCUT2D eigenvalue weighted by Crippen LogP contribution is 2.26. The summed E-state index contributed by atoms with van der Waals surface area (Å²) >= 11 is 5.57. The fourth-order valence-electron chi connectivity index (χ4n) is 1.73. The molecular weight excluding hydrogens is 272 g/mol. The molecule has 1 heterocycles. The Labute approximate surface area is 105 Å². The van der Waals surface area contributed by atoms with E-state index in [2.05, 4.69) is 9.97 Å². The predicted octanol–water partition coefficient (Wildman–Crippen LogP) is 3.94. The summed E-state index contributed by atoms with van der Waals surface area (Å²) in [6.45, 7) is 0. The molecule has 7 heteroatoms. The van der Waals surface area contributed by atoms with Crippen molar-refractivity contribution in [2.75, 3.05) is 0 Å². The average molecular weight is 281 g/mol. The SMILES string of the molecule is Fc1cc(CCC(F)(F)F)c2nc(CCl)[nH]c2c1. The van der Waals surface area contributed by atoms with Gasteiger partial charge in [0.15, 0.2) is 0 Å². The van der Waals surface area contributed by atoms with Crippen molar-refractivity contribution in [2.24, 2.45) is 0 Å². The minimum absolute atomic E-state index is 0.0923. The molecule has 2 rings (SSSR count). The first-order chi connectivity index (χ1) is 8.39. The van der Waals surface area contributed by atoms with Gasteiger partial charge in [-0.15, -0.1) is 11.6 Å². The Morgan fingerprint density at radius 1 is 1.28 bits per heavy atom. The molecule has 98 valence electrons. The maximum absolute atomic E-state index is 13.3. The Kier molecular flexibility index (Phi) is 3.47. The summed E-state index contributed by atoms with van der Waals surface area (Å²) in [5.74, 6) is -0.0929. The molecule has 1 aromatic heterocycles. The van der Waals surface area contributed by atoms with Crippen LogP contribution in [0.2, 0.25) is 0 Å². The fourth-order valence-corrected chi connectivity index (χ4v) is 1.86. The van der Waals surface area contributed by atoms with E-state index in [0.29, 0.717) is 16.9 Å². The highest BCUT2D eigenvalue weighted by molar-refractivity contribution is 6.16. The Morgan fingerprint density at radius 2 is 2.00 bits per heavy atom. The van der Waals surface area contributed by atoms with Gasteiger partial charge in [-0.25, -0.2) is 9.37 Å². The van der Waals surface area contributed by atoms with E-state index < -0.39 is 18.4 Å². The van der Waals surface area contributed by atoms with Crippen molar-refractivity contribution in [1.82, 2.24) is 9.97 Å². The molecule has 2 aromatic rings. The zero-order chi connectivity index (χ0) is 13.3. The molecule has 0 saturated carbocycles. The Bertz CT molecular complexity index is 562. The first-order valence-corrected chi connectivity index (χ1v) is 5.72. The van der Waals surface area contributed by atoms with Gasteiger partial charge in [-0.2, -0.15) is 13.2 Å². The summed E-state index contributed by atoms with van der Waals surface area (Å²) in [6, 6.07) is 2.27. The van der Waals surface area contributed by atoms with Gasteiger partial charge in [-0.05, 0) is 24.1 Å². The average Bonchev–Trinajstić information content (AvgIpc) is 2.67. The van der Waals surface area contributed by atoms with Crippen LogP contribution < -0.4 is 0 Å². The van der Waals surface area contributed by atoms with Gasteiger partial charge in [0.05, 0.1) is 16.9 Å². The molecule has 0 spiro atoms. The van der Waals surface area contributed by atoms with Crippen molar-refractivity contribution in [3.8, 4) is 0 Å². The number of benzene rings is 1. The van der Waals surface area contributed by atoms with Crippen LogP contribution >= 0.6 is 11.6 Å². The number of alkyl halides is 4. The molecule has 0 aliphatic heterocycles. The summed E-state index contributed by atoms with van der Waals surface area (Å²) < 4.78 is 49.8. The molecule has 0 radical (unpaired) electrons. The van der Waals surface area contributed by atoms with Gasteiger partial charge in [0.1, 0.15) is 11.6 Å². The van der Waals surface area contributed by atoms with Crippen molar-refractivity contribution in [2.45, 2.75) is 24.9 Å². The number of rotatable bonds is 3. The molecule has 2 nitrogen and oxygen atoms in total. The fraction of sp³-hybridized carbons (Fsp3) is 0.364. The number of H-pyrrole nitrogens is 1. The van der Waals surface area contributed by atoms with Crippen LogP contribution in [0.25, 0.3) is 11.0 Å². The maximum atomic E-state index is 13.3. The number of aromatic amines is 1. The topological polar surface area (TPSA) is 28.7 Å². The van der Waals surface area contributed by atoms with Crippen LogP contribution in [0.4, 0.5) is 17.6 Å². The second-order valence-corrected chi connectivity index (χ2v) is 4.16. The molecule has 0 amide bonds. The quantitative estimate of drug-likeness (QED) is 0.670. The summed E-state index contributed by atoms with van der Waals surface area (Å²) in [6.07, 6.45) is -5.58. The Morgan fingerprint density at radius 3 is 2.61 bits per heavy atom. The van der Waals surface area contributed by atoms with Gasteiger partial charge in [0.2, 0.25) is 0 Å². The summed E-state index contributed by atoms with van der Waals surface area (Å²) in [5, 5.41) is 0. The number of imidazole rings is 1. The summed E-state index contributed by atoms with van der Waals surface area (Å²) in [7, 11) is 0. The van der Waals surface area contributed by atoms with E-state index >= 15 is 0 Å². The van der Waals surface area contributed by atoms with Crippen molar-refractivity contribution in [1.29, 1.82) is 0 Å². The molecule has 0 fully saturated rings. The lowest BCUT2D eigenvalue weighted by atomic mass is 10.1. The molecule has 1 N–H and O–H groups in total. The molecule has 18 heavy (non-hydrogen) atoms. The van der Waals surface area contributed by atoms with Crippen LogP contribution in [0.5, 0.6) is 0 Å². The van der Waals surface area contributed by atoms with Crippen molar-refractivity contribution in [3.05, 3.63) is 29.3 Å². The minimum Gasteiger partial charge on any atom is -0.341 e. The van der Waals surface area contributed by atoms with Crippen LogP contribution in [0.3, 0.4) is 0 Å². The third-order valence-electron chi connectivity index (χ3n) is 2.48. The van der Waals surface area contributed by atoms with Gasteiger partial charge < -0.3 is 4.98 Å². The lowest BCUT2D eigenvalue weighted by Gasteiger charge is -2.06. The van der Waals surface area contributed by atoms with Crippen LogP contribution in [0.1, 0.15) is 17.8 Å². The smallest absolute Gasteiger partial charge is 0.341 e. The highest BCUT2D eigenvalue weighted by atomic mass is 35.5. The second kappa shape index (κ2) is 4.76. The van der Waals surface area contributed by atoms with Crippen LogP contribution in [-0.4, -0.2) is 16.1 Å². The number of halogens is 5. The van der Waals surface area contributed by atoms with E-state index in [4.69, 9.17) is 11.6 Å². The van der Waals surface area contributed by atoms with Gasteiger partial charge >= 0.3 is 6.18 Å². The summed E-state index contributed by atoms with van der Waals surface area (Å²) in [4.78, 5) is 6.81. The van der Waals surface area contributed by atoms with Gasteiger partial charge in [0.25, 0.3) is 0 Å². The minimum atomic E-state index is -4.27. The van der Waals surface area contributed by atoms with Crippen LogP contribution in [0.15, 0.2) is 12.1 Å². The number of aromatic nitrogens is 2. The van der Waals surface area contributed by atoms with E-state index in [1.807, 2.05) is 0 Å². The van der Waals surface area contributed by atoms with E-state index in [0.717, 1.165) is 6.07 Å². The lowest BCUT2D eigenvalue weighted by Crippen LogP contribution is -2.08. The van der Waals surface area contributed by atoms with Crippen LogP contribution in [0, 0.1) is 5.82 Å². The number of fused-ring (bicyclic) bond motifs is 1.